The largest absolute Gasteiger partial charge is 0.493 e. The summed E-state index contributed by atoms with van der Waals surface area (Å²) in [5.74, 6) is -0.354. The fourth-order valence-corrected chi connectivity index (χ4v) is 3.29. The number of hydrogen-bond donors (Lipinski definition) is 2. The molecule has 1 aliphatic rings. The lowest BCUT2D eigenvalue weighted by atomic mass is 10.1. The first-order chi connectivity index (χ1) is 14.1. The molecule has 0 bridgehead atoms. The topological polar surface area (TPSA) is 61.2 Å². The molecule has 0 aromatic heterocycles. The number of amides is 1. The van der Waals surface area contributed by atoms with Crippen LogP contribution < -0.4 is 19.7 Å². The number of methoxy groups -OCH3 is 1. The average molecular weight is 407 g/mol. The molecular weight excluding hydrogens is 382 g/mol. The SMILES string of the molecule is COc1cc(C(=O)NCc2ccccc2C[NH+]2CCOCC2)ccc1OC(F)F. The molecule has 0 aliphatic carbocycles. The highest BCUT2D eigenvalue weighted by molar-refractivity contribution is 5.94. The average Bonchev–Trinajstić information content (AvgIpc) is 2.73. The summed E-state index contributed by atoms with van der Waals surface area (Å²) >= 11 is 0. The normalized spacial score (nSPS) is 14.6. The molecule has 1 aliphatic heterocycles. The molecule has 3 rings (SSSR count). The molecule has 2 aromatic carbocycles. The van der Waals surface area contributed by atoms with E-state index in [1.54, 1.807) is 0 Å². The maximum atomic E-state index is 12.5. The number of quaternary nitrogens is 1. The minimum atomic E-state index is -2.96. The van der Waals surface area contributed by atoms with E-state index in [0.29, 0.717) is 12.1 Å². The van der Waals surface area contributed by atoms with Crippen molar-refractivity contribution in [3.05, 3.63) is 59.2 Å². The highest BCUT2D eigenvalue weighted by Crippen LogP contribution is 2.29. The van der Waals surface area contributed by atoms with Crippen molar-refractivity contribution >= 4 is 5.91 Å². The van der Waals surface area contributed by atoms with Gasteiger partial charge in [-0.2, -0.15) is 8.78 Å². The Morgan fingerprint density at radius 3 is 2.55 bits per heavy atom. The van der Waals surface area contributed by atoms with E-state index in [1.165, 1.54) is 35.8 Å². The number of ether oxygens (including phenoxy) is 3. The van der Waals surface area contributed by atoms with Crippen LogP contribution >= 0.6 is 0 Å². The number of rotatable bonds is 8. The molecule has 1 saturated heterocycles. The monoisotopic (exact) mass is 407 g/mol. The van der Waals surface area contributed by atoms with Gasteiger partial charge in [0.2, 0.25) is 0 Å². The number of morpholine rings is 1. The Morgan fingerprint density at radius 1 is 1.14 bits per heavy atom. The van der Waals surface area contributed by atoms with Gasteiger partial charge >= 0.3 is 6.61 Å². The summed E-state index contributed by atoms with van der Waals surface area (Å²) < 4.78 is 39.7. The first-order valence-corrected chi connectivity index (χ1v) is 9.46. The van der Waals surface area contributed by atoms with Gasteiger partial charge in [-0.1, -0.05) is 24.3 Å². The lowest BCUT2D eigenvalue weighted by Gasteiger charge is -2.24. The zero-order valence-corrected chi connectivity index (χ0v) is 16.3. The summed E-state index contributed by atoms with van der Waals surface area (Å²) in [6.45, 7) is 1.75. The predicted octanol–water partition coefficient (Wildman–Crippen LogP) is 1.64. The molecule has 0 spiro atoms. The third-order valence-corrected chi connectivity index (χ3v) is 4.84. The van der Waals surface area contributed by atoms with E-state index in [9.17, 15) is 13.6 Å². The van der Waals surface area contributed by atoms with Gasteiger partial charge in [0.1, 0.15) is 19.6 Å². The third kappa shape index (κ3) is 5.88. The van der Waals surface area contributed by atoms with E-state index in [0.717, 1.165) is 38.4 Å². The van der Waals surface area contributed by atoms with Crippen LogP contribution in [-0.2, 0) is 17.8 Å². The van der Waals surface area contributed by atoms with Gasteiger partial charge in [-0.25, -0.2) is 0 Å². The second-order valence-corrected chi connectivity index (χ2v) is 6.73. The minimum absolute atomic E-state index is 0.0780. The van der Waals surface area contributed by atoms with Crippen molar-refractivity contribution in [2.75, 3.05) is 33.4 Å². The summed E-state index contributed by atoms with van der Waals surface area (Å²) in [4.78, 5) is 14.0. The van der Waals surface area contributed by atoms with Gasteiger partial charge in [-0.15, -0.1) is 0 Å². The quantitative estimate of drug-likeness (QED) is 0.699. The molecule has 6 nitrogen and oxygen atoms in total. The predicted molar refractivity (Wildman–Crippen MR) is 102 cm³/mol. The zero-order valence-electron chi connectivity index (χ0n) is 16.3. The number of alkyl halides is 2. The molecule has 1 fully saturated rings. The summed E-state index contributed by atoms with van der Waals surface area (Å²) in [5, 5.41) is 2.89. The Bertz CT molecular complexity index is 826. The van der Waals surface area contributed by atoms with Crippen LogP contribution in [0.5, 0.6) is 11.5 Å². The van der Waals surface area contributed by atoms with Crippen LogP contribution in [0.1, 0.15) is 21.5 Å². The Morgan fingerprint density at radius 2 is 1.86 bits per heavy atom. The van der Waals surface area contributed by atoms with Gasteiger partial charge in [-0.3, -0.25) is 4.79 Å². The Kier molecular flexibility index (Phi) is 7.37. The van der Waals surface area contributed by atoms with Crippen LogP contribution in [0.15, 0.2) is 42.5 Å². The standard InChI is InChI=1S/C21H24F2N2O4/c1-27-19-12-15(6-7-18(19)29-21(22)23)20(26)24-13-16-4-2-3-5-17(16)14-25-8-10-28-11-9-25/h2-7,12,21H,8-11,13-14H2,1H3,(H,24,26)/p+1. The van der Waals surface area contributed by atoms with E-state index < -0.39 is 6.61 Å². The maximum absolute atomic E-state index is 12.5. The van der Waals surface area contributed by atoms with Gasteiger partial charge in [0.15, 0.2) is 11.5 Å². The molecule has 0 saturated carbocycles. The number of hydrogen-bond acceptors (Lipinski definition) is 4. The van der Waals surface area contributed by atoms with E-state index >= 15 is 0 Å². The lowest BCUT2D eigenvalue weighted by Crippen LogP contribution is -3.12. The molecule has 2 N–H and O–H groups in total. The van der Waals surface area contributed by atoms with E-state index in [-0.39, 0.29) is 17.4 Å². The van der Waals surface area contributed by atoms with Gasteiger partial charge in [0, 0.05) is 17.7 Å². The molecule has 8 heteroatoms. The van der Waals surface area contributed by atoms with Crippen LogP contribution in [0.25, 0.3) is 0 Å². The Labute approximate surface area is 168 Å². The summed E-state index contributed by atoms with van der Waals surface area (Å²) in [5.41, 5.74) is 2.53. The summed E-state index contributed by atoms with van der Waals surface area (Å²) in [6.07, 6.45) is 0. The van der Waals surface area contributed by atoms with Crippen molar-refractivity contribution in [3.63, 3.8) is 0 Å². The first kappa shape index (κ1) is 21.0. The Balaban J connectivity index is 1.65. The number of carbonyl (C=O) groups excluding carboxylic acids is 1. The van der Waals surface area contributed by atoms with Crippen molar-refractivity contribution in [2.24, 2.45) is 0 Å². The molecule has 29 heavy (non-hydrogen) atoms. The van der Waals surface area contributed by atoms with Crippen LogP contribution in [0.2, 0.25) is 0 Å². The summed E-state index contributed by atoms with van der Waals surface area (Å²) in [6, 6.07) is 12.1. The molecule has 0 radical (unpaired) electrons. The fourth-order valence-electron chi connectivity index (χ4n) is 3.29. The number of benzene rings is 2. The van der Waals surface area contributed by atoms with E-state index in [1.807, 2.05) is 18.2 Å². The van der Waals surface area contributed by atoms with Crippen molar-refractivity contribution < 1.29 is 32.7 Å². The molecular formula is C21H25F2N2O4+. The molecule has 0 unspecified atom stereocenters. The molecule has 156 valence electrons. The van der Waals surface area contributed by atoms with Crippen LogP contribution in [0, 0.1) is 0 Å². The minimum Gasteiger partial charge on any atom is -0.493 e. The highest BCUT2D eigenvalue weighted by Gasteiger charge is 2.17. The number of carbonyl (C=O) groups is 1. The van der Waals surface area contributed by atoms with Crippen molar-refractivity contribution in [1.82, 2.24) is 5.32 Å². The summed E-state index contributed by atoms with van der Waals surface area (Å²) in [7, 11) is 1.33. The number of nitrogens with one attached hydrogen (secondary N) is 2. The van der Waals surface area contributed by atoms with E-state index in [2.05, 4.69) is 16.1 Å². The molecule has 2 aromatic rings. The van der Waals surface area contributed by atoms with E-state index in [4.69, 9.17) is 9.47 Å². The smallest absolute Gasteiger partial charge is 0.387 e. The molecule has 0 atom stereocenters. The van der Waals surface area contributed by atoms with Crippen molar-refractivity contribution in [3.8, 4) is 11.5 Å². The Hall–Kier alpha value is -2.71. The highest BCUT2D eigenvalue weighted by atomic mass is 19.3. The maximum Gasteiger partial charge on any atom is 0.387 e. The van der Waals surface area contributed by atoms with Crippen molar-refractivity contribution in [2.45, 2.75) is 19.7 Å². The van der Waals surface area contributed by atoms with Gasteiger partial charge in [0.05, 0.1) is 20.3 Å². The fraction of sp³-hybridized carbons (Fsp3) is 0.381. The lowest BCUT2D eigenvalue weighted by molar-refractivity contribution is -0.921. The second-order valence-electron chi connectivity index (χ2n) is 6.73. The van der Waals surface area contributed by atoms with Crippen LogP contribution in [0.4, 0.5) is 8.78 Å². The third-order valence-electron chi connectivity index (χ3n) is 4.84. The molecule has 1 heterocycles. The first-order valence-electron chi connectivity index (χ1n) is 9.46. The zero-order chi connectivity index (χ0) is 20.6. The van der Waals surface area contributed by atoms with Gasteiger partial charge < -0.3 is 24.4 Å². The van der Waals surface area contributed by atoms with Crippen LogP contribution in [-0.4, -0.2) is 45.9 Å². The van der Waals surface area contributed by atoms with Gasteiger partial charge in [0.25, 0.3) is 5.91 Å². The van der Waals surface area contributed by atoms with Crippen LogP contribution in [0.3, 0.4) is 0 Å². The second kappa shape index (κ2) is 10.2. The van der Waals surface area contributed by atoms with Gasteiger partial charge in [-0.05, 0) is 23.8 Å². The number of halogens is 2. The van der Waals surface area contributed by atoms with Crippen molar-refractivity contribution in [1.29, 1.82) is 0 Å². The molecule has 1 amide bonds.